The minimum atomic E-state index is -0.145. The number of fused-ring (bicyclic) bond motifs is 3. The predicted octanol–water partition coefficient (Wildman–Crippen LogP) is 1.58. The van der Waals surface area contributed by atoms with Crippen LogP contribution in [-0.2, 0) is 9.53 Å². The summed E-state index contributed by atoms with van der Waals surface area (Å²) in [6, 6.07) is 7.09. The molecule has 1 fully saturated rings. The van der Waals surface area contributed by atoms with Crippen molar-refractivity contribution in [3.63, 3.8) is 0 Å². The zero-order valence-corrected chi connectivity index (χ0v) is 15.0. The quantitative estimate of drug-likeness (QED) is 0.666. The van der Waals surface area contributed by atoms with E-state index in [0.29, 0.717) is 61.9 Å². The van der Waals surface area contributed by atoms with E-state index >= 15 is 0 Å². The van der Waals surface area contributed by atoms with Crippen LogP contribution in [0.2, 0.25) is 0 Å². The number of nitrogens with one attached hydrogen (secondary N) is 1. The number of ether oxygens (including phenoxy) is 2. The molecule has 27 heavy (non-hydrogen) atoms. The Hall–Kier alpha value is -2.87. The SMILES string of the molecule is O=C(CCCCOc1ccc2[nH]c(=O)c3cccn3c2n1)N1CCOCC1. The maximum absolute atomic E-state index is 12.1. The van der Waals surface area contributed by atoms with Crippen molar-refractivity contribution in [1.82, 2.24) is 19.3 Å². The second kappa shape index (κ2) is 7.79. The molecule has 1 saturated heterocycles. The number of hydrogen-bond donors (Lipinski definition) is 1. The van der Waals surface area contributed by atoms with Crippen molar-refractivity contribution in [2.75, 3.05) is 32.9 Å². The lowest BCUT2D eigenvalue weighted by atomic mass is 10.2. The zero-order valence-electron chi connectivity index (χ0n) is 15.0. The standard InChI is InChI=1S/C19H22N4O4/c24-17(22-9-12-26-13-10-22)5-1-2-11-27-16-7-6-14-18(21-16)23-8-3-4-15(23)19(25)20-14/h3-4,6-8H,1-2,5,9-13H2,(H,20,25). The molecule has 142 valence electrons. The van der Waals surface area contributed by atoms with Crippen molar-refractivity contribution in [2.45, 2.75) is 19.3 Å². The maximum Gasteiger partial charge on any atom is 0.272 e. The lowest BCUT2D eigenvalue weighted by Gasteiger charge is -2.26. The van der Waals surface area contributed by atoms with Gasteiger partial charge in [0.15, 0.2) is 5.65 Å². The number of unbranched alkanes of at least 4 members (excludes halogenated alkanes) is 1. The molecule has 3 aromatic rings. The summed E-state index contributed by atoms with van der Waals surface area (Å²) in [5.74, 6) is 0.685. The molecule has 4 rings (SSSR count). The summed E-state index contributed by atoms with van der Waals surface area (Å²) >= 11 is 0. The minimum Gasteiger partial charge on any atom is -0.478 e. The first-order chi connectivity index (χ1) is 13.2. The van der Waals surface area contributed by atoms with Gasteiger partial charge in [0.25, 0.3) is 5.56 Å². The lowest BCUT2D eigenvalue weighted by molar-refractivity contribution is -0.135. The first-order valence-corrected chi connectivity index (χ1v) is 9.21. The summed E-state index contributed by atoms with van der Waals surface area (Å²) in [6.07, 6.45) is 3.89. The minimum absolute atomic E-state index is 0.145. The van der Waals surface area contributed by atoms with Gasteiger partial charge in [-0.25, -0.2) is 0 Å². The van der Waals surface area contributed by atoms with Crippen LogP contribution in [-0.4, -0.2) is 58.1 Å². The molecule has 0 atom stereocenters. The van der Waals surface area contributed by atoms with E-state index < -0.39 is 0 Å². The van der Waals surface area contributed by atoms with Gasteiger partial charge in [0.1, 0.15) is 5.52 Å². The third-order valence-corrected chi connectivity index (χ3v) is 4.71. The molecule has 3 aromatic heterocycles. The van der Waals surface area contributed by atoms with Crippen molar-refractivity contribution in [3.05, 3.63) is 40.8 Å². The molecule has 0 aromatic carbocycles. The highest BCUT2D eigenvalue weighted by Gasteiger charge is 2.16. The van der Waals surface area contributed by atoms with Crippen molar-refractivity contribution < 1.29 is 14.3 Å². The Morgan fingerprint density at radius 1 is 1.22 bits per heavy atom. The Kier molecular flexibility index (Phi) is 5.06. The second-order valence-electron chi connectivity index (χ2n) is 6.54. The largest absolute Gasteiger partial charge is 0.478 e. The predicted molar refractivity (Wildman–Crippen MR) is 100 cm³/mol. The number of rotatable bonds is 6. The van der Waals surface area contributed by atoms with Crippen molar-refractivity contribution >= 4 is 22.6 Å². The first kappa shape index (κ1) is 17.5. The Labute approximate surface area is 155 Å². The smallest absolute Gasteiger partial charge is 0.272 e. The summed E-state index contributed by atoms with van der Waals surface area (Å²) in [5.41, 5.74) is 1.71. The second-order valence-corrected chi connectivity index (χ2v) is 6.54. The molecule has 1 aliphatic heterocycles. The van der Waals surface area contributed by atoms with Crippen molar-refractivity contribution in [3.8, 4) is 5.88 Å². The van der Waals surface area contributed by atoms with E-state index in [-0.39, 0.29) is 11.5 Å². The third kappa shape index (κ3) is 3.80. The number of pyridine rings is 1. The van der Waals surface area contributed by atoms with E-state index in [2.05, 4.69) is 9.97 Å². The Balaban J connectivity index is 1.32. The van der Waals surface area contributed by atoms with Crippen LogP contribution in [0.5, 0.6) is 5.88 Å². The Morgan fingerprint density at radius 3 is 2.93 bits per heavy atom. The fourth-order valence-electron chi connectivity index (χ4n) is 3.26. The van der Waals surface area contributed by atoms with Crippen LogP contribution < -0.4 is 10.3 Å². The topological polar surface area (TPSA) is 88.9 Å². The van der Waals surface area contributed by atoms with Gasteiger partial charge in [-0.1, -0.05) is 0 Å². The van der Waals surface area contributed by atoms with Crippen LogP contribution >= 0.6 is 0 Å². The molecule has 1 N–H and O–H groups in total. The molecule has 8 nitrogen and oxygen atoms in total. The Bertz CT molecular complexity index is 1000. The van der Waals surface area contributed by atoms with E-state index in [1.807, 2.05) is 11.0 Å². The number of aromatic nitrogens is 3. The highest BCUT2D eigenvalue weighted by Crippen LogP contribution is 2.16. The number of carbonyl (C=O) groups excluding carboxylic acids is 1. The number of amides is 1. The molecule has 0 radical (unpaired) electrons. The molecule has 0 spiro atoms. The number of hydrogen-bond acceptors (Lipinski definition) is 5. The molecule has 0 saturated carbocycles. The van der Waals surface area contributed by atoms with Crippen LogP contribution in [0.15, 0.2) is 35.3 Å². The third-order valence-electron chi connectivity index (χ3n) is 4.71. The number of aromatic amines is 1. The molecule has 4 heterocycles. The summed E-state index contributed by atoms with van der Waals surface area (Å²) in [7, 11) is 0. The van der Waals surface area contributed by atoms with Gasteiger partial charge in [0.2, 0.25) is 11.8 Å². The summed E-state index contributed by atoms with van der Waals surface area (Å²) in [4.78, 5) is 33.3. The first-order valence-electron chi connectivity index (χ1n) is 9.21. The molecule has 1 aliphatic rings. The molecule has 8 heteroatoms. The van der Waals surface area contributed by atoms with Crippen LogP contribution in [0.1, 0.15) is 19.3 Å². The van der Waals surface area contributed by atoms with Gasteiger partial charge >= 0.3 is 0 Å². The maximum atomic E-state index is 12.1. The molecular weight excluding hydrogens is 348 g/mol. The van der Waals surface area contributed by atoms with E-state index in [4.69, 9.17) is 9.47 Å². The van der Waals surface area contributed by atoms with Crippen molar-refractivity contribution in [1.29, 1.82) is 0 Å². The molecule has 1 amide bonds. The molecular formula is C19H22N4O4. The van der Waals surface area contributed by atoms with Gasteiger partial charge in [-0.3, -0.25) is 14.0 Å². The number of H-pyrrole nitrogens is 1. The normalized spacial score (nSPS) is 14.7. The monoisotopic (exact) mass is 370 g/mol. The van der Waals surface area contributed by atoms with Gasteiger partial charge in [-0.2, -0.15) is 4.98 Å². The van der Waals surface area contributed by atoms with E-state index in [0.717, 1.165) is 12.8 Å². The van der Waals surface area contributed by atoms with Crippen LogP contribution in [0.4, 0.5) is 0 Å². The van der Waals surface area contributed by atoms with Gasteiger partial charge < -0.3 is 19.4 Å². The van der Waals surface area contributed by atoms with E-state index in [1.165, 1.54) is 0 Å². The fourth-order valence-corrected chi connectivity index (χ4v) is 3.26. The molecule has 0 unspecified atom stereocenters. The zero-order chi connectivity index (χ0) is 18.6. The number of nitrogens with zero attached hydrogens (tertiary/aromatic N) is 3. The number of carbonyl (C=O) groups is 1. The van der Waals surface area contributed by atoms with E-state index in [9.17, 15) is 9.59 Å². The summed E-state index contributed by atoms with van der Waals surface area (Å²) in [5, 5.41) is 0. The van der Waals surface area contributed by atoms with E-state index in [1.54, 1.807) is 28.8 Å². The van der Waals surface area contributed by atoms with Gasteiger partial charge in [0.05, 0.1) is 25.3 Å². The lowest BCUT2D eigenvalue weighted by Crippen LogP contribution is -2.40. The van der Waals surface area contributed by atoms with Gasteiger partial charge in [-0.15, -0.1) is 0 Å². The average Bonchev–Trinajstić information content (AvgIpc) is 3.19. The van der Waals surface area contributed by atoms with Crippen LogP contribution in [0.3, 0.4) is 0 Å². The van der Waals surface area contributed by atoms with Gasteiger partial charge in [-0.05, 0) is 31.0 Å². The number of morpholine rings is 1. The molecule has 0 bridgehead atoms. The summed E-state index contributed by atoms with van der Waals surface area (Å²) in [6.45, 7) is 3.12. The highest BCUT2D eigenvalue weighted by atomic mass is 16.5. The summed E-state index contributed by atoms with van der Waals surface area (Å²) < 4.78 is 12.7. The van der Waals surface area contributed by atoms with Crippen LogP contribution in [0.25, 0.3) is 16.7 Å². The van der Waals surface area contributed by atoms with Crippen molar-refractivity contribution in [2.24, 2.45) is 0 Å². The van der Waals surface area contributed by atoms with Gasteiger partial charge in [0, 0.05) is 31.8 Å². The molecule has 0 aliphatic carbocycles. The Morgan fingerprint density at radius 2 is 2.07 bits per heavy atom. The fraction of sp³-hybridized carbons (Fsp3) is 0.421. The highest BCUT2D eigenvalue weighted by molar-refractivity contribution is 5.76. The van der Waals surface area contributed by atoms with Crippen LogP contribution in [0, 0.1) is 0 Å². The average molecular weight is 370 g/mol.